The molecule has 1 aliphatic rings. The molecule has 0 aromatic heterocycles. The molecule has 1 aliphatic carbocycles. The average Bonchev–Trinajstić information content (AvgIpc) is 2.33. The molecule has 0 aromatic carbocycles. The van der Waals surface area contributed by atoms with Gasteiger partial charge in [-0.2, -0.15) is 0 Å². The Morgan fingerprint density at radius 2 is 1.78 bits per heavy atom. The maximum atomic E-state index is 5.55. The molecule has 0 bridgehead atoms. The normalized spacial score (nSPS) is 27.2. The molecule has 1 rings (SSSR count). The molecule has 18 heavy (non-hydrogen) atoms. The molecule has 0 heterocycles. The maximum absolute atomic E-state index is 5.55. The molecule has 0 saturated heterocycles. The van der Waals surface area contributed by atoms with Crippen LogP contribution in [0, 0.1) is 11.3 Å². The molecular formula is C15H30O2Se. The third-order valence-electron chi connectivity index (χ3n) is 4.02. The predicted octanol–water partition coefficient (Wildman–Crippen LogP) is 4.14. The second-order valence-corrected chi connectivity index (χ2v) is 9.34. The van der Waals surface area contributed by atoms with Gasteiger partial charge in [0.25, 0.3) is 0 Å². The molecule has 0 radical (unpaired) electrons. The monoisotopic (exact) mass is 322 g/mol. The van der Waals surface area contributed by atoms with Crippen LogP contribution < -0.4 is 0 Å². The van der Waals surface area contributed by atoms with E-state index in [4.69, 9.17) is 9.47 Å². The molecule has 0 aliphatic heterocycles. The summed E-state index contributed by atoms with van der Waals surface area (Å²) in [6.45, 7) is 10.0. The van der Waals surface area contributed by atoms with E-state index < -0.39 is 0 Å². The second-order valence-electron chi connectivity index (χ2n) is 6.38. The Balaban J connectivity index is 2.09. The Kier molecular flexibility index (Phi) is 7.23. The van der Waals surface area contributed by atoms with Crippen molar-refractivity contribution in [3.8, 4) is 0 Å². The van der Waals surface area contributed by atoms with Gasteiger partial charge >= 0.3 is 119 Å². The molecule has 2 nitrogen and oxygen atoms in total. The fourth-order valence-corrected chi connectivity index (χ4v) is 4.97. The zero-order valence-corrected chi connectivity index (χ0v) is 14.4. The summed E-state index contributed by atoms with van der Waals surface area (Å²) < 4.78 is 10.6. The fraction of sp³-hybridized carbons (Fsp3) is 1.00. The van der Waals surface area contributed by atoms with E-state index in [1.54, 1.807) is 7.11 Å². The van der Waals surface area contributed by atoms with E-state index >= 15 is 0 Å². The van der Waals surface area contributed by atoms with Crippen LogP contribution in [0.1, 0.15) is 53.4 Å². The third-order valence-corrected chi connectivity index (χ3v) is 6.84. The summed E-state index contributed by atoms with van der Waals surface area (Å²) in [5.74, 6) is 0.939. The number of ether oxygens (including phenoxy) is 2. The van der Waals surface area contributed by atoms with Crippen LogP contribution in [-0.2, 0) is 9.47 Å². The standard InChI is InChI=1S/C15H30O2Se/c1-12(16-5)17-10-11-18-14-8-6-13(7-9-14)15(2,3)4/h12-14H,6-11H2,1-5H3. The van der Waals surface area contributed by atoms with Gasteiger partial charge in [0.2, 0.25) is 0 Å². The van der Waals surface area contributed by atoms with Gasteiger partial charge in [0.15, 0.2) is 0 Å². The summed E-state index contributed by atoms with van der Waals surface area (Å²) in [5.41, 5.74) is 0.509. The van der Waals surface area contributed by atoms with Gasteiger partial charge in [0, 0.05) is 0 Å². The molecule has 0 amide bonds. The number of methoxy groups -OCH3 is 1. The number of hydrogen-bond donors (Lipinski definition) is 0. The van der Waals surface area contributed by atoms with Crippen LogP contribution in [0.5, 0.6) is 0 Å². The third kappa shape index (κ3) is 6.06. The van der Waals surface area contributed by atoms with Crippen LogP contribution in [0.4, 0.5) is 0 Å². The van der Waals surface area contributed by atoms with Crippen molar-refractivity contribution in [1.29, 1.82) is 0 Å². The van der Waals surface area contributed by atoms with Crippen LogP contribution in [0.25, 0.3) is 0 Å². The zero-order valence-electron chi connectivity index (χ0n) is 12.7. The van der Waals surface area contributed by atoms with E-state index in [2.05, 4.69) is 20.8 Å². The Morgan fingerprint density at radius 1 is 1.17 bits per heavy atom. The van der Waals surface area contributed by atoms with Gasteiger partial charge in [-0.1, -0.05) is 0 Å². The zero-order chi connectivity index (χ0) is 13.6. The van der Waals surface area contributed by atoms with E-state index in [1.165, 1.54) is 31.0 Å². The van der Waals surface area contributed by atoms with Gasteiger partial charge in [-0.15, -0.1) is 0 Å². The summed E-state index contributed by atoms with van der Waals surface area (Å²) in [7, 11) is 1.70. The van der Waals surface area contributed by atoms with Crippen LogP contribution in [0.15, 0.2) is 0 Å². The summed E-state index contributed by atoms with van der Waals surface area (Å²) in [4.78, 5) is 0.998. The van der Waals surface area contributed by atoms with E-state index in [0.29, 0.717) is 5.41 Å². The number of hydrogen-bond acceptors (Lipinski definition) is 2. The molecule has 0 N–H and O–H groups in total. The molecule has 1 fully saturated rings. The molecule has 0 aromatic rings. The van der Waals surface area contributed by atoms with Gasteiger partial charge in [0.1, 0.15) is 0 Å². The molecular weight excluding hydrogens is 291 g/mol. The SMILES string of the molecule is COC(C)OCC[Se]C1CCC(C(C)(C)C)CC1. The Morgan fingerprint density at radius 3 is 2.28 bits per heavy atom. The first-order chi connectivity index (χ1) is 8.43. The van der Waals surface area contributed by atoms with Gasteiger partial charge < -0.3 is 0 Å². The van der Waals surface area contributed by atoms with E-state index in [9.17, 15) is 0 Å². The first-order valence-electron chi connectivity index (χ1n) is 7.19. The Labute approximate surface area is 119 Å². The average molecular weight is 321 g/mol. The molecule has 1 atom stereocenters. The quantitative estimate of drug-likeness (QED) is 0.416. The summed E-state index contributed by atoms with van der Waals surface area (Å²) in [5, 5.41) is 1.24. The number of rotatable bonds is 6. The minimum atomic E-state index is -0.0440. The summed E-state index contributed by atoms with van der Waals surface area (Å²) in [6.07, 6.45) is 5.72. The van der Waals surface area contributed by atoms with Crippen molar-refractivity contribution >= 4 is 15.0 Å². The van der Waals surface area contributed by atoms with Crippen LogP contribution in [-0.4, -0.2) is 35.0 Å². The van der Waals surface area contributed by atoms with Crippen molar-refractivity contribution in [2.24, 2.45) is 11.3 Å². The predicted molar refractivity (Wildman–Crippen MR) is 78.1 cm³/mol. The first-order valence-corrected chi connectivity index (χ1v) is 9.39. The summed E-state index contributed by atoms with van der Waals surface area (Å²) in [6, 6.07) is 0. The Bertz CT molecular complexity index is 217. The fourth-order valence-electron chi connectivity index (χ4n) is 2.59. The second kappa shape index (κ2) is 7.89. The van der Waals surface area contributed by atoms with E-state index in [0.717, 1.165) is 32.3 Å². The van der Waals surface area contributed by atoms with Crippen LogP contribution in [0.3, 0.4) is 0 Å². The van der Waals surface area contributed by atoms with Crippen molar-refractivity contribution in [2.45, 2.75) is 69.8 Å². The first kappa shape index (κ1) is 16.5. The van der Waals surface area contributed by atoms with E-state index in [1.807, 2.05) is 6.92 Å². The van der Waals surface area contributed by atoms with Crippen molar-refractivity contribution in [3.05, 3.63) is 0 Å². The van der Waals surface area contributed by atoms with Gasteiger partial charge in [-0.3, -0.25) is 0 Å². The van der Waals surface area contributed by atoms with Crippen LogP contribution >= 0.6 is 0 Å². The minimum absolute atomic E-state index is 0.0440. The molecule has 1 saturated carbocycles. The van der Waals surface area contributed by atoms with Crippen LogP contribution in [0.2, 0.25) is 10.1 Å². The van der Waals surface area contributed by atoms with Crippen molar-refractivity contribution < 1.29 is 9.47 Å². The Hall–Kier alpha value is 0.439. The molecule has 0 spiro atoms. The van der Waals surface area contributed by atoms with Crippen molar-refractivity contribution in [3.63, 3.8) is 0 Å². The van der Waals surface area contributed by atoms with Gasteiger partial charge in [-0.25, -0.2) is 0 Å². The molecule has 3 heteroatoms. The van der Waals surface area contributed by atoms with Gasteiger partial charge in [-0.05, 0) is 0 Å². The van der Waals surface area contributed by atoms with E-state index in [-0.39, 0.29) is 6.29 Å². The van der Waals surface area contributed by atoms with Crippen molar-refractivity contribution in [2.75, 3.05) is 13.7 Å². The molecule has 108 valence electrons. The summed E-state index contributed by atoms with van der Waals surface area (Å²) >= 11 is 0.760. The van der Waals surface area contributed by atoms with Crippen molar-refractivity contribution in [1.82, 2.24) is 0 Å². The van der Waals surface area contributed by atoms with Gasteiger partial charge in [0.05, 0.1) is 0 Å². The topological polar surface area (TPSA) is 18.5 Å². The molecule has 1 unspecified atom stereocenters.